The molecule has 220 valence electrons. The number of aryl methyl sites for hydroxylation is 1. The smallest absolute Gasteiger partial charge is 0.213 e. The van der Waals surface area contributed by atoms with E-state index in [4.69, 9.17) is 10.5 Å². The summed E-state index contributed by atoms with van der Waals surface area (Å²) in [6.45, 7) is 8.22. The third-order valence-electron chi connectivity index (χ3n) is 7.89. The summed E-state index contributed by atoms with van der Waals surface area (Å²) in [4.78, 5) is 12.1. The van der Waals surface area contributed by atoms with Crippen LogP contribution in [0, 0.1) is 17.4 Å². The number of nitrogens with one attached hydrogen (secondary N) is 1. The third-order valence-corrected chi connectivity index (χ3v) is 7.89. The number of anilines is 2. The average molecular weight is 581 g/mol. The Balaban J connectivity index is 0.000000158. The molecule has 0 radical (unpaired) electrons. The minimum Gasteiger partial charge on any atom is -0.367 e. The van der Waals surface area contributed by atoms with Crippen molar-refractivity contribution in [3.63, 3.8) is 0 Å². The lowest BCUT2D eigenvalue weighted by Crippen LogP contribution is -2.24. The van der Waals surface area contributed by atoms with Gasteiger partial charge in [-0.25, -0.2) is 4.98 Å². The van der Waals surface area contributed by atoms with Crippen molar-refractivity contribution in [2.24, 2.45) is 12.2 Å². The van der Waals surface area contributed by atoms with Gasteiger partial charge in [0.1, 0.15) is 17.7 Å². The van der Waals surface area contributed by atoms with Crippen molar-refractivity contribution in [1.29, 1.82) is 5.53 Å². The van der Waals surface area contributed by atoms with Crippen LogP contribution in [-0.2, 0) is 20.1 Å². The van der Waals surface area contributed by atoms with Gasteiger partial charge in [-0.15, -0.1) is 0 Å². The molecular formula is C37H38N7+. The van der Waals surface area contributed by atoms with Crippen molar-refractivity contribution in [2.75, 3.05) is 29.9 Å². The zero-order valence-electron chi connectivity index (χ0n) is 25.8. The summed E-state index contributed by atoms with van der Waals surface area (Å²) in [7, 11) is 3.53. The number of rotatable bonds is 2. The highest BCUT2D eigenvalue weighted by molar-refractivity contribution is 5.88. The number of aromatic nitrogens is 2. The average Bonchev–Trinajstić information content (AvgIpc) is 3.45. The molecule has 0 unspecified atom stereocenters. The molecule has 0 atom stereocenters. The van der Waals surface area contributed by atoms with Crippen molar-refractivity contribution < 1.29 is 0 Å². The lowest BCUT2D eigenvalue weighted by molar-refractivity contribution is 0.828. The molecule has 5 aromatic rings. The first-order valence-electron chi connectivity index (χ1n) is 14.9. The molecule has 4 aromatic carbocycles. The van der Waals surface area contributed by atoms with Crippen LogP contribution in [0.5, 0.6) is 0 Å². The number of fused-ring (bicyclic) bond motifs is 7. The SMILES string of the molecule is CCN1Cc2ccccc2-c2c(ncn2C)-c2ccccc21.CCN1Cc2ccccc2C#Cc2ccccc21.CN=[N+]=N. The molecule has 7 nitrogen and oxygen atoms in total. The van der Waals surface area contributed by atoms with Crippen LogP contribution in [0.3, 0.4) is 0 Å². The highest BCUT2D eigenvalue weighted by Gasteiger charge is 2.23. The topological polar surface area (TPSA) is 74.6 Å². The molecule has 2 aliphatic heterocycles. The Bertz CT molecular complexity index is 1850. The van der Waals surface area contributed by atoms with Crippen LogP contribution in [0.2, 0.25) is 0 Å². The molecule has 1 N–H and O–H groups in total. The molecule has 7 rings (SSSR count). The van der Waals surface area contributed by atoms with Gasteiger partial charge in [0.15, 0.2) is 0 Å². The Morgan fingerprint density at radius 3 is 1.95 bits per heavy atom. The summed E-state index contributed by atoms with van der Waals surface area (Å²) in [5.41, 5.74) is 18.1. The molecule has 2 aliphatic rings. The van der Waals surface area contributed by atoms with E-state index in [0.717, 1.165) is 43.0 Å². The highest BCUT2D eigenvalue weighted by Crippen LogP contribution is 2.40. The molecule has 0 spiro atoms. The first-order valence-corrected chi connectivity index (χ1v) is 14.9. The molecule has 1 aromatic heterocycles. The van der Waals surface area contributed by atoms with Crippen LogP contribution < -0.4 is 14.7 Å². The fourth-order valence-electron chi connectivity index (χ4n) is 5.70. The Labute approximate surface area is 260 Å². The van der Waals surface area contributed by atoms with Crippen molar-refractivity contribution in [1.82, 2.24) is 14.5 Å². The second-order valence-corrected chi connectivity index (χ2v) is 10.5. The standard InChI is InChI=1S/C19H19N3.C17H15N.CH4N3/c1-3-22-12-14-8-4-5-9-15(14)19-18(20-13-21(19)2)16-10-6-7-11-17(16)22;1-2-18-13-16-9-4-3-7-14(16)11-12-15-8-5-6-10-17(15)18;1-3-4-2/h4-11,13H,3,12H2,1-2H3;3-10H,2,13H2,1H3;2H,1H3/q;;+1. The Morgan fingerprint density at radius 1 is 0.727 bits per heavy atom. The lowest BCUT2D eigenvalue weighted by Gasteiger charge is -2.29. The fourth-order valence-corrected chi connectivity index (χ4v) is 5.70. The molecule has 44 heavy (non-hydrogen) atoms. The van der Waals surface area contributed by atoms with E-state index < -0.39 is 0 Å². The molecule has 0 bridgehead atoms. The van der Waals surface area contributed by atoms with Crippen LogP contribution >= 0.6 is 0 Å². The van der Waals surface area contributed by atoms with Crippen LogP contribution in [0.15, 0.2) is 109 Å². The first kappa shape index (κ1) is 30.0. The maximum absolute atomic E-state index is 5.91. The highest BCUT2D eigenvalue weighted by atomic mass is 15.1. The predicted octanol–water partition coefficient (Wildman–Crippen LogP) is 7.69. The molecule has 7 heteroatoms. The predicted molar refractivity (Wildman–Crippen MR) is 180 cm³/mol. The van der Waals surface area contributed by atoms with Gasteiger partial charge in [0.05, 0.1) is 23.4 Å². The van der Waals surface area contributed by atoms with Gasteiger partial charge in [0, 0.05) is 61.2 Å². The minimum absolute atomic E-state index is 0.925. The van der Waals surface area contributed by atoms with Gasteiger partial charge < -0.3 is 14.4 Å². The largest absolute Gasteiger partial charge is 0.367 e. The van der Waals surface area contributed by atoms with Crippen molar-refractivity contribution in [2.45, 2.75) is 26.9 Å². The quantitative estimate of drug-likeness (QED) is 0.132. The zero-order valence-corrected chi connectivity index (χ0v) is 25.8. The Hall–Kier alpha value is -5.44. The molecule has 0 amide bonds. The van der Waals surface area contributed by atoms with Crippen LogP contribution in [0.25, 0.3) is 22.5 Å². The minimum atomic E-state index is 0.925. The number of hydrogen-bond donors (Lipinski definition) is 1. The van der Waals surface area contributed by atoms with E-state index in [1.54, 1.807) is 0 Å². The summed E-state index contributed by atoms with van der Waals surface area (Å²) < 4.78 is 2.13. The molecule has 0 aliphatic carbocycles. The van der Waals surface area contributed by atoms with E-state index in [0.29, 0.717) is 0 Å². The van der Waals surface area contributed by atoms with Crippen LogP contribution in [0.1, 0.15) is 36.1 Å². The number of imidazole rings is 1. The molecule has 0 saturated carbocycles. The second-order valence-electron chi connectivity index (χ2n) is 10.5. The maximum Gasteiger partial charge on any atom is 0.213 e. The second kappa shape index (κ2) is 14.2. The van der Waals surface area contributed by atoms with Crippen LogP contribution in [0.4, 0.5) is 11.4 Å². The summed E-state index contributed by atoms with van der Waals surface area (Å²) in [5, 5.41) is 3.03. The molecule has 0 fully saturated rings. The fraction of sp³-hybridized carbons (Fsp3) is 0.216. The Morgan fingerprint density at radius 2 is 1.25 bits per heavy atom. The van der Waals surface area contributed by atoms with E-state index in [9.17, 15) is 0 Å². The van der Waals surface area contributed by atoms with E-state index in [-0.39, 0.29) is 0 Å². The van der Waals surface area contributed by atoms with E-state index in [1.807, 2.05) is 6.33 Å². The number of benzene rings is 4. The summed E-state index contributed by atoms with van der Waals surface area (Å²) in [5.74, 6) is 6.58. The normalized spacial score (nSPS) is 12.0. The van der Waals surface area contributed by atoms with Gasteiger partial charge in [0.2, 0.25) is 4.91 Å². The summed E-state index contributed by atoms with van der Waals surface area (Å²) in [6, 6.07) is 34.0. The van der Waals surface area contributed by atoms with Gasteiger partial charge in [0.25, 0.3) is 0 Å². The summed E-state index contributed by atoms with van der Waals surface area (Å²) >= 11 is 0. The summed E-state index contributed by atoms with van der Waals surface area (Å²) in [6.07, 6.45) is 1.92. The third kappa shape index (κ3) is 6.32. The van der Waals surface area contributed by atoms with Gasteiger partial charge in [-0.05, 0) is 49.2 Å². The molecule has 0 saturated heterocycles. The monoisotopic (exact) mass is 580 g/mol. The van der Waals surface area contributed by atoms with E-state index in [2.05, 4.69) is 154 Å². The van der Waals surface area contributed by atoms with E-state index in [1.165, 1.54) is 46.4 Å². The van der Waals surface area contributed by atoms with Gasteiger partial charge in [-0.1, -0.05) is 84.6 Å². The zero-order chi connectivity index (χ0) is 30.9. The Kier molecular flexibility index (Phi) is 9.66. The van der Waals surface area contributed by atoms with E-state index >= 15 is 0 Å². The van der Waals surface area contributed by atoms with Crippen molar-refractivity contribution in [3.8, 4) is 34.4 Å². The van der Waals surface area contributed by atoms with Gasteiger partial charge >= 0.3 is 0 Å². The number of para-hydroxylation sites is 2. The van der Waals surface area contributed by atoms with Crippen LogP contribution in [-0.4, -0.2) is 29.7 Å². The maximum atomic E-state index is 5.91. The van der Waals surface area contributed by atoms with Gasteiger partial charge in [-0.2, -0.15) is 0 Å². The van der Waals surface area contributed by atoms with Crippen molar-refractivity contribution >= 4 is 11.4 Å². The number of hydrogen-bond acceptors (Lipinski definition) is 5. The first-order chi connectivity index (χ1) is 21.6. The van der Waals surface area contributed by atoms with Crippen molar-refractivity contribution in [3.05, 3.63) is 126 Å². The number of nitrogens with zero attached hydrogens (tertiary/aromatic N) is 6. The lowest BCUT2D eigenvalue weighted by atomic mass is 9.96. The molecular weight excluding hydrogens is 542 g/mol. The molecule has 3 heterocycles. The van der Waals surface area contributed by atoms with Gasteiger partial charge in [-0.3, -0.25) is 0 Å².